The fraction of sp³-hybridized carbons (Fsp3) is 0.533. The molecule has 0 radical (unpaired) electrons. The van der Waals surface area contributed by atoms with Crippen LogP contribution >= 0.6 is 0 Å². The van der Waals surface area contributed by atoms with E-state index in [1.54, 1.807) is 6.92 Å². The van der Waals surface area contributed by atoms with Crippen LogP contribution < -0.4 is 11.1 Å². The molecule has 0 bridgehead atoms. The highest BCUT2D eigenvalue weighted by molar-refractivity contribution is 5.80. The van der Waals surface area contributed by atoms with E-state index >= 15 is 0 Å². The zero-order chi connectivity index (χ0) is 16.3. The van der Waals surface area contributed by atoms with Crippen LogP contribution in [0.1, 0.15) is 38.8 Å². The minimum atomic E-state index is -4.39. The summed E-state index contributed by atoms with van der Waals surface area (Å²) in [5.74, 6) is -0.782. The molecule has 0 aliphatic rings. The summed E-state index contributed by atoms with van der Waals surface area (Å²) in [6.07, 6.45) is -4.79. The van der Waals surface area contributed by atoms with Gasteiger partial charge in [0.05, 0.1) is 11.5 Å². The van der Waals surface area contributed by atoms with Crippen molar-refractivity contribution in [1.82, 2.24) is 5.32 Å². The first-order valence-electron chi connectivity index (χ1n) is 6.71. The van der Waals surface area contributed by atoms with Crippen molar-refractivity contribution in [1.29, 1.82) is 0 Å². The maximum absolute atomic E-state index is 12.9. The van der Waals surface area contributed by atoms with Gasteiger partial charge in [0.2, 0.25) is 5.91 Å². The van der Waals surface area contributed by atoms with Gasteiger partial charge in [0.1, 0.15) is 0 Å². The lowest BCUT2D eigenvalue weighted by Crippen LogP contribution is -2.48. The molecule has 21 heavy (non-hydrogen) atoms. The second-order valence-electron chi connectivity index (χ2n) is 5.84. The average molecular weight is 302 g/mol. The Hall–Kier alpha value is -1.56. The fourth-order valence-electron chi connectivity index (χ4n) is 2.01. The van der Waals surface area contributed by atoms with Gasteiger partial charge in [-0.3, -0.25) is 10.1 Å². The van der Waals surface area contributed by atoms with E-state index in [-0.39, 0.29) is 6.04 Å². The van der Waals surface area contributed by atoms with Gasteiger partial charge < -0.3 is 5.73 Å². The number of hydrogen-bond donors (Lipinski definition) is 2. The number of halogens is 3. The molecule has 0 saturated carbocycles. The van der Waals surface area contributed by atoms with Gasteiger partial charge in [0, 0.05) is 6.04 Å². The van der Waals surface area contributed by atoms with E-state index in [0.717, 1.165) is 19.4 Å². The number of alkyl halides is 3. The molecule has 3 N–H and O–H groups in total. The highest BCUT2D eigenvalue weighted by Gasteiger charge is 2.48. The van der Waals surface area contributed by atoms with E-state index in [0.29, 0.717) is 0 Å². The summed E-state index contributed by atoms with van der Waals surface area (Å²) < 4.78 is 38.8. The third-order valence-corrected chi connectivity index (χ3v) is 3.58. The van der Waals surface area contributed by atoms with Crippen LogP contribution in [0.4, 0.5) is 13.2 Å². The van der Waals surface area contributed by atoms with Gasteiger partial charge in [0.25, 0.3) is 0 Å². The van der Waals surface area contributed by atoms with E-state index < -0.39 is 30.0 Å². The molecule has 1 rings (SSSR count). The largest absolute Gasteiger partial charge is 0.394 e. The maximum atomic E-state index is 12.9. The third kappa shape index (κ3) is 4.74. The minimum absolute atomic E-state index is 0.271. The molecule has 1 aromatic carbocycles. The van der Waals surface area contributed by atoms with Crippen molar-refractivity contribution in [3.63, 3.8) is 0 Å². The van der Waals surface area contributed by atoms with E-state index in [4.69, 9.17) is 5.73 Å². The van der Waals surface area contributed by atoms with Gasteiger partial charge in [-0.1, -0.05) is 44.2 Å². The van der Waals surface area contributed by atoms with Gasteiger partial charge >= 0.3 is 6.18 Å². The SMILES string of the molecule is C[C@@H](N[C@H](CC(C)(C)C(F)(F)F)C(N)=O)c1ccccc1. The van der Waals surface area contributed by atoms with Crippen LogP contribution in [-0.4, -0.2) is 18.1 Å². The molecule has 0 saturated heterocycles. The number of amides is 1. The number of hydrogen-bond acceptors (Lipinski definition) is 2. The van der Waals surface area contributed by atoms with Crippen LogP contribution in [-0.2, 0) is 4.79 Å². The molecule has 0 aliphatic carbocycles. The predicted molar refractivity (Wildman–Crippen MR) is 75.4 cm³/mol. The van der Waals surface area contributed by atoms with Crippen molar-refractivity contribution < 1.29 is 18.0 Å². The van der Waals surface area contributed by atoms with Crippen molar-refractivity contribution in [3.8, 4) is 0 Å². The van der Waals surface area contributed by atoms with Gasteiger partial charge in [0.15, 0.2) is 0 Å². The lowest BCUT2D eigenvalue weighted by atomic mass is 9.84. The Morgan fingerprint density at radius 1 is 1.24 bits per heavy atom. The first-order chi connectivity index (χ1) is 9.54. The van der Waals surface area contributed by atoms with Crippen molar-refractivity contribution in [3.05, 3.63) is 35.9 Å². The van der Waals surface area contributed by atoms with E-state index in [2.05, 4.69) is 5.32 Å². The second kappa shape index (κ2) is 6.47. The van der Waals surface area contributed by atoms with E-state index in [9.17, 15) is 18.0 Å². The number of nitrogens with two attached hydrogens (primary N) is 1. The first kappa shape index (κ1) is 17.5. The Labute approximate surface area is 122 Å². The Bertz CT molecular complexity index is 472. The van der Waals surface area contributed by atoms with Crippen molar-refractivity contribution in [2.45, 2.75) is 45.5 Å². The van der Waals surface area contributed by atoms with Crippen molar-refractivity contribution in [2.75, 3.05) is 0 Å². The summed E-state index contributed by atoms with van der Waals surface area (Å²) in [5, 5.41) is 2.89. The lowest BCUT2D eigenvalue weighted by molar-refractivity contribution is -0.215. The van der Waals surface area contributed by atoms with Crippen LogP contribution in [0.25, 0.3) is 0 Å². The van der Waals surface area contributed by atoms with Crippen molar-refractivity contribution in [2.24, 2.45) is 11.1 Å². The molecule has 0 spiro atoms. The number of carbonyl (C=O) groups excluding carboxylic acids is 1. The molecule has 6 heteroatoms. The van der Waals surface area contributed by atoms with Crippen LogP contribution in [0.2, 0.25) is 0 Å². The zero-order valence-electron chi connectivity index (χ0n) is 12.4. The standard InChI is InChI=1S/C15H21F3N2O/c1-10(11-7-5-4-6-8-11)20-12(13(19)21)9-14(2,3)15(16,17)18/h4-8,10,12,20H,9H2,1-3H3,(H2,19,21)/t10-,12-/m1/s1. The third-order valence-electron chi connectivity index (χ3n) is 3.58. The predicted octanol–water partition coefficient (Wildman–Crippen LogP) is 3.17. The molecule has 118 valence electrons. The molecule has 3 nitrogen and oxygen atoms in total. The molecular weight excluding hydrogens is 281 g/mol. The summed E-state index contributed by atoms with van der Waals surface area (Å²) in [6.45, 7) is 3.92. The molecule has 1 amide bonds. The molecular formula is C15H21F3N2O. The zero-order valence-corrected chi connectivity index (χ0v) is 12.4. The molecule has 0 unspecified atom stereocenters. The van der Waals surface area contributed by atoms with Crippen LogP contribution in [0.15, 0.2) is 30.3 Å². The van der Waals surface area contributed by atoms with E-state index in [1.165, 1.54) is 0 Å². The van der Waals surface area contributed by atoms with Gasteiger partial charge in [-0.05, 0) is 18.9 Å². The number of nitrogens with one attached hydrogen (secondary N) is 1. The first-order valence-corrected chi connectivity index (χ1v) is 6.71. The molecule has 0 aliphatic heterocycles. The number of benzene rings is 1. The molecule has 0 fully saturated rings. The van der Waals surface area contributed by atoms with Gasteiger partial charge in [-0.2, -0.15) is 13.2 Å². The quantitative estimate of drug-likeness (QED) is 0.848. The minimum Gasteiger partial charge on any atom is -0.368 e. The number of carbonyl (C=O) groups is 1. The summed E-state index contributed by atoms with van der Waals surface area (Å²) in [6, 6.07) is 7.85. The Morgan fingerprint density at radius 2 is 1.76 bits per heavy atom. The smallest absolute Gasteiger partial charge is 0.368 e. The Balaban J connectivity index is 2.82. The van der Waals surface area contributed by atoms with E-state index in [1.807, 2.05) is 30.3 Å². The summed E-state index contributed by atoms with van der Waals surface area (Å²) >= 11 is 0. The van der Waals surface area contributed by atoms with Crippen LogP contribution in [0.5, 0.6) is 0 Å². The van der Waals surface area contributed by atoms with Crippen LogP contribution in [0, 0.1) is 5.41 Å². The fourth-order valence-corrected chi connectivity index (χ4v) is 2.01. The molecule has 2 atom stereocenters. The lowest BCUT2D eigenvalue weighted by Gasteiger charge is -2.32. The van der Waals surface area contributed by atoms with Gasteiger partial charge in [-0.25, -0.2) is 0 Å². The maximum Gasteiger partial charge on any atom is 0.394 e. The average Bonchev–Trinajstić information content (AvgIpc) is 2.37. The number of primary amides is 1. The highest BCUT2D eigenvalue weighted by atomic mass is 19.4. The summed E-state index contributed by atoms with van der Waals surface area (Å²) in [7, 11) is 0. The molecule has 1 aromatic rings. The Morgan fingerprint density at radius 3 is 2.19 bits per heavy atom. The monoisotopic (exact) mass is 302 g/mol. The van der Waals surface area contributed by atoms with Crippen molar-refractivity contribution >= 4 is 5.91 Å². The second-order valence-corrected chi connectivity index (χ2v) is 5.84. The summed E-state index contributed by atoms with van der Waals surface area (Å²) in [4.78, 5) is 11.5. The summed E-state index contributed by atoms with van der Waals surface area (Å²) in [5.41, 5.74) is 4.14. The molecule has 0 aromatic heterocycles. The van der Waals surface area contributed by atoms with Gasteiger partial charge in [-0.15, -0.1) is 0 Å². The highest BCUT2D eigenvalue weighted by Crippen LogP contribution is 2.41. The number of rotatable bonds is 6. The normalized spacial score (nSPS) is 15.5. The topological polar surface area (TPSA) is 55.1 Å². The Kier molecular flexibility index (Phi) is 5.39. The molecule has 0 heterocycles. The van der Waals surface area contributed by atoms with Crippen LogP contribution in [0.3, 0.4) is 0 Å².